The Morgan fingerprint density at radius 2 is 1.97 bits per heavy atom. The first-order chi connectivity index (χ1) is 14.6. The second-order valence-electron chi connectivity index (χ2n) is 6.95. The molecule has 0 N–H and O–H groups in total. The number of methoxy groups -OCH3 is 3. The van der Waals surface area contributed by atoms with Gasteiger partial charge in [-0.05, 0) is 43.2 Å². The largest absolute Gasteiger partial charge is 0.497 e. The fraction of sp³-hybridized carbons (Fsp3) is 0.364. The molecule has 1 saturated heterocycles. The van der Waals surface area contributed by atoms with Crippen LogP contribution in [0, 0.1) is 0 Å². The Kier molecular flexibility index (Phi) is 6.06. The number of thiazole rings is 1. The van der Waals surface area contributed by atoms with Crippen LogP contribution in [0.2, 0.25) is 0 Å². The number of benzene rings is 2. The first-order valence-electron chi connectivity index (χ1n) is 9.73. The molecular formula is C22H24N2O5S. The third-order valence-electron chi connectivity index (χ3n) is 5.10. The molecule has 0 saturated carbocycles. The summed E-state index contributed by atoms with van der Waals surface area (Å²) in [7, 11) is 4.74. The van der Waals surface area contributed by atoms with E-state index in [4.69, 9.17) is 23.9 Å². The van der Waals surface area contributed by atoms with Gasteiger partial charge < -0.3 is 18.9 Å². The molecule has 0 radical (unpaired) electrons. The van der Waals surface area contributed by atoms with E-state index in [1.165, 1.54) is 11.3 Å². The number of fused-ring (bicyclic) bond motifs is 1. The number of amides is 1. The SMILES string of the molecule is COc1ccc2sc(N(CC3CCCO3)C(=O)c3ccc(OC)c(OC)c3)nc2c1. The fourth-order valence-electron chi connectivity index (χ4n) is 3.50. The van der Waals surface area contributed by atoms with Gasteiger partial charge in [-0.25, -0.2) is 4.98 Å². The van der Waals surface area contributed by atoms with E-state index in [1.807, 2.05) is 18.2 Å². The summed E-state index contributed by atoms with van der Waals surface area (Å²) in [5.41, 5.74) is 1.30. The highest BCUT2D eigenvalue weighted by molar-refractivity contribution is 7.22. The van der Waals surface area contributed by atoms with Crippen molar-refractivity contribution < 1.29 is 23.7 Å². The molecule has 7 nitrogen and oxygen atoms in total. The zero-order chi connectivity index (χ0) is 21.1. The van der Waals surface area contributed by atoms with E-state index < -0.39 is 0 Å². The van der Waals surface area contributed by atoms with E-state index in [0.717, 1.165) is 35.4 Å². The van der Waals surface area contributed by atoms with Crippen molar-refractivity contribution in [3.05, 3.63) is 42.0 Å². The summed E-state index contributed by atoms with van der Waals surface area (Å²) in [4.78, 5) is 19.9. The molecule has 8 heteroatoms. The minimum absolute atomic E-state index is 0.00403. The van der Waals surface area contributed by atoms with Crippen molar-refractivity contribution in [2.24, 2.45) is 0 Å². The van der Waals surface area contributed by atoms with Gasteiger partial charge in [0, 0.05) is 18.2 Å². The maximum absolute atomic E-state index is 13.5. The Labute approximate surface area is 179 Å². The van der Waals surface area contributed by atoms with E-state index in [9.17, 15) is 4.79 Å². The molecule has 1 unspecified atom stereocenters. The lowest BCUT2D eigenvalue weighted by molar-refractivity contribution is 0.0917. The predicted molar refractivity (Wildman–Crippen MR) is 116 cm³/mol. The number of anilines is 1. The van der Waals surface area contributed by atoms with Gasteiger partial charge >= 0.3 is 0 Å². The van der Waals surface area contributed by atoms with Gasteiger partial charge in [0.25, 0.3) is 5.91 Å². The monoisotopic (exact) mass is 428 g/mol. The van der Waals surface area contributed by atoms with Crippen molar-refractivity contribution in [3.63, 3.8) is 0 Å². The van der Waals surface area contributed by atoms with Gasteiger partial charge in [0.2, 0.25) is 0 Å². The summed E-state index contributed by atoms with van der Waals surface area (Å²) in [6.45, 7) is 1.17. The van der Waals surface area contributed by atoms with E-state index in [0.29, 0.717) is 28.7 Å². The van der Waals surface area contributed by atoms with Crippen LogP contribution in [-0.2, 0) is 4.74 Å². The van der Waals surface area contributed by atoms with Crippen LogP contribution in [0.15, 0.2) is 36.4 Å². The quantitative estimate of drug-likeness (QED) is 0.563. The van der Waals surface area contributed by atoms with Gasteiger partial charge in [-0.3, -0.25) is 9.69 Å². The van der Waals surface area contributed by atoms with Crippen LogP contribution in [-0.4, -0.2) is 51.5 Å². The zero-order valence-electron chi connectivity index (χ0n) is 17.2. The minimum atomic E-state index is -0.155. The lowest BCUT2D eigenvalue weighted by Gasteiger charge is -2.23. The van der Waals surface area contributed by atoms with E-state index in [1.54, 1.807) is 44.4 Å². The number of hydrogen-bond donors (Lipinski definition) is 0. The molecule has 30 heavy (non-hydrogen) atoms. The van der Waals surface area contributed by atoms with Crippen LogP contribution in [0.25, 0.3) is 10.2 Å². The standard InChI is InChI=1S/C22H24N2O5S/c1-26-15-7-9-20-17(12-15)23-22(30-20)24(13-16-5-4-10-29-16)21(25)14-6-8-18(27-2)19(11-14)28-3/h6-9,11-12,16H,4-5,10,13H2,1-3H3. The maximum Gasteiger partial charge on any atom is 0.260 e. The van der Waals surface area contributed by atoms with Crippen LogP contribution < -0.4 is 19.1 Å². The number of ether oxygens (including phenoxy) is 4. The molecule has 1 amide bonds. The van der Waals surface area contributed by atoms with Crippen molar-refractivity contribution in [3.8, 4) is 17.2 Å². The van der Waals surface area contributed by atoms with Gasteiger partial charge in [0.05, 0.1) is 44.2 Å². The summed E-state index contributed by atoms with van der Waals surface area (Å²) < 4.78 is 22.8. The molecule has 0 spiro atoms. The third kappa shape index (κ3) is 4.06. The maximum atomic E-state index is 13.5. The van der Waals surface area contributed by atoms with Gasteiger partial charge in [-0.1, -0.05) is 11.3 Å². The summed E-state index contributed by atoms with van der Waals surface area (Å²) in [6.07, 6.45) is 1.92. The van der Waals surface area contributed by atoms with Crippen molar-refractivity contribution in [2.45, 2.75) is 18.9 Å². The molecule has 1 aliphatic rings. The van der Waals surface area contributed by atoms with Crippen molar-refractivity contribution in [1.29, 1.82) is 0 Å². The molecule has 0 bridgehead atoms. The Morgan fingerprint density at radius 1 is 1.13 bits per heavy atom. The van der Waals surface area contributed by atoms with E-state index >= 15 is 0 Å². The molecule has 1 fully saturated rings. The highest BCUT2D eigenvalue weighted by Crippen LogP contribution is 2.34. The predicted octanol–water partition coefficient (Wildman–Crippen LogP) is 4.15. The van der Waals surface area contributed by atoms with Gasteiger partial charge in [0.15, 0.2) is 16.6 Å². The third-order valence-corrected chi connectivity index (χ3v) is 6.16. The molecule has 1 atom stereocenters. The summed E-state index contributed by atoms with van der Waals surface area (Å²) in [5.74, 6) is 1.66. The van der Waals surface area contributed by atoms with Crippen LogP contribution in [0.1, 0.15) is 23.2 Å². The number of aromatic nitrogens is 1. The number of hydrogen-bond acceptors (Lipinski definition) is 7. The Morgan fingerprint density at radius 3 is 2.67 bits per heavy atom. The lowest BCUT2D eigenvalue weighted by atomic mass is 10.1. The fourth-order valence-corrected chi connectivity index (χ4v) is 4.46. The molecule has 2 aromatic carbocycles. The van der Waals surface area contributed by atoms with Crippen LogP contribution in [0.3, 0.4) is 0 Å². The molecular weight excluding hydrogens is 404 g/mol. The van der Waals surface area contributed by atoms with Crippen molar-refractivity contribution >= 4 is 32.6 Å². The summed E-state index contributed by atoms with van der Waals surface area (Å²) in [6, 6.07) is 10.9. The van der Waals surface area contributed by atoms with E-state index in [2.05, 4.69) is 0 Å². The highest BCUT2D eigenvalue weighted by Gasteiger charge is 2.27. The molecule has 0 aliphatic carbocycles. The van der Waals surface area contributed by atoms with Crippen LogP contribution >= 0.6 is 11.3 Å². The first-order valence-corrected chi connectivity index (χ1v) is 10.5. The van der Waals surface area contributed by atoms with Crippen LogP contribution in [0.5, 0.6) is 17.2 Å². The molecule has 2 heterocycles. The molecule has 158 valence electrons. The Bertz CT molecular complexity index is 1050. The average Bonchev–Trinajstić information content (AvgIpc) is 3.45. The number of nitrogens with zero attached hydrogens (tertiary/aromatic N) is 2. The van der Waals surface area contributed by atoms with Crippen molar-refractivity contribution in [1.82, 2.24) is 4.98 Å². The molecule has 1 aliphatic heterocycles. The molecule has 4 rings (SSSR count). The second-order valence-corrected chi connectivity index (χ2v) is 7.96. The average molecular weight is 429 g/mol. The Hall–Kier alpha value is -2.84. The first kappa shape index (κ1) is 20.4. The summed E-state index contributed by atoms with van der Waals surface area (Å²) >= 11 is 1.48. The topological polar surface area (TPSA) is 70.1 Å². The minimum Gasteiger partial charge on any atom is -0.497 e. The molecule has 3 aromatic rings. The number of carbonyl (C=O) groups excluding carboxylic acids is 1. The number of rotatable bonds is 7. The highest BCUT2D eigenvalue weighted by atomic mass is 32.1. The van der Waals surface area contributed by atoms with Crippen LogP contribution in [0.4, 0.5) is 5.13 Å². The summed E-state index contributed by atoms with van der Waals surface area (Å²) in [5, 5.41) is 0.633. The molecule has 1 aromatic heterocycles. The Balaban J connectivity index is 1.71. The van der Waals surface area contributed by atoms with E-state index in [-0.39, 0.29) is 12.0 Å². The zero-order valence-corrected chi connectivity index (χ0v) is 18.0. The number of carbonyl (C=O) groups is 1. The normalized spacial score (nSPS) is 15.9. The van der Waals surface area contributed by atoms with Crippen molar-refractivity contribution in [2.75, 3.05) is 39.4 Å². The van der Waals surface area contributed by atoms with Gasteiger partial charge in [-0.15, -0.1) is 0 Å². The second kappa shape index (κ2) is 8.89. The smallest absolute Gasteiger partial charge is 0.260 e. The van der Waals surface area contributed by atoms with Gasteiger partial charge in [0.1, 0.15) is 5.75 Å². The lowest BCUT2D eigenvalue weighted by Crippen LogP contribution is -2.37. The van der Waals surface area contributed by atoms with Gasteiger partial charge in [-0.2, -0.15) is 0 Å².